The van der Waals surface area contributed by atoms with Crippen molar-refractivity contribution in [3.05, 3.63) is 23.8 Å². The minimum Gasteiger partial charge on any atom is -0.423 e. The summed E-state index contributed by atoms with van der Waals surface area (Å²) in [4.78, 5) is 12.8. The third-order valence-electron chi connectivity index (χ3n) is 4.69. The average molecular weight is 303 g/mol. The van der Waals surface area contributed by atoms with Crippen molar-refractivity contribution in [1.82, 2.24) is 0 Å². The summed E-state index contributed by atoms with van der Waals surface area (Å²) in [6, 6.07) is 5.58. The predicted molar refractivity (Wildman–Crippen MR) is 89.9 cm³/mol. The molecule has 1 aliphatic rings. The minimum atomic E-state index is -0.890. The summed E-state index contributed by atoms with van der Waals surface area (Å²) in [5.74, 6) is 0.733. The maximum atomic E-state index is 12.8. The van der Waals surface area contributed by atoms with Gasteiger partial charge in [-0.25, -0.2) is 0 Å². The zero-order chi connectivity index (χ0) is 16.5. The molecule has 0 saturated heterocycles. The Hall–Kier alpha value is -1.33. The van der Waals surface area contributed by atoms with Crippen LogP contribution < -0.4 is 10.8 Å². The Morgan fingerprint density at radius 1 is 1.41 bits per heavy atom. The van der Waals surface area contributed by atoms with E-state index in [-0.39, 0.29) is 11.8 Å². The van der Waals surface area contributed by atoms with Crippen LogP contribution in [0.2, 0.25) is 0 Å². The summed E-state index contributed by atoms with van der Waals surface area (Å²) in [5.41, 5.74) is 2.01. The molecule has 2 rings (SSSR count). The van der Waals surface area contributed by atoms with E-state index in [4.69, 9.17) is 4.65 Å². The number of hydrogen-bond acceptors (Lipinski definition) is 3. The van der Waals surface area contributed by atoms with E-state index < -0.39 is 12.5 Å². The van der Waals surface area contributed by atoms with Gasteiger partial charge < -0.3 is 15.0 Å². The summed E-state index contributed by atoms with van der Waals surface area (Å²) in [6.07, 6.45) is 0.840. The highest BCUT2D eigenvalue weighted by molar-refractivity contribution is 6.61. The molecule has 1 aromatic carbocycles. The minimum absolute atomic E-state index is 0.0320. The molecule has 1 heterocycles. The van der Waals surface area contributed by atoms with Gasteiger partial charge in [-0.15, -0.1) is 0 Å². The number of hydrogen-bond donors (Lipinski definition) is 2. The topological polar surface area (TPSA) is 58.6 Å². The molecule has 1 atom stereocenters. The largest absolute Gasteiger partial charge is 0.491 e. The molecule has 0 bridgehead atoms. The summed E-state index contributed by atoms with van der Waals surface area (Å²) >= 11 is 0. The molecule has 0 spiro atoms. The van der Waals surface area contributed by atoms with Crippen LogP contribution in [0.1, 0.15) is 46.6 Å². The lowest BCUT2D eigenvalue weighted by Gasteiger charge is -2.34. The normalized spacial score (nSPS) is 16.8. The first-order chi connectivity index (χ1) is 10.2. The molecule has 1 aromatic rings. The van der Waals surface area contributed by atoms with E-state index in [0.717, 1.165) is 17.4 Å². The van der Waals surface area contributed by atoms with Gasteiger partial charge in [0.05, 0.1) is 6.61 Å². The highest BCUT2D eigenvalue weighted by Crippen LogP contribution is 2.35. The third kappa shape index (κ3) is 3.36. The van der Waals surface area contributed by atoms with Gasteiger partial charge in [-0.3, -0.25) is 4.79 Å². The molecule has 2 N–H and O–H groups in total. The van der Waals surface area contributed by atoms with Crippen molar-refractivity contribution in [2.75, 3.05) is 5.32 Å². The quantitative estimate of drug-likeness (QED) is 0.822. The number of benzene rings is 1. The van der Waals surface area contributed by atoms with Crippen LogP contribution in [0.25, 0.3) is 0 Å². The monoisotopic (exact) mass is 303 g/mol. The fourth-order valence-electron chi connectivity index (χ4n) is 3.01. The molecule has 1 amide bonds. The summed E-state index contributed by atoms with van der Waals surface area (Å²) in [7, 11) is -0.890. The fraction of sp³-hybridized carbons (Fsp3) is 0.588. The van der Waals surface area contributed by atoms with Crippen LogP contribution in [0, 0.1) is 17.3 Å². The average Bonchev–Trinajstić information content (AvgIpc) is 2.79. The van der Waals surface area contributed by atoms with Gasteiger partial charge in [0.1, 0.15) is 0 Å². The van der Waals surface area contributed by atoms with Gasteiger partial charge in [-0.1, -0.05) is 40.7 Å². The Kier molecular flexibility index (Phi) is 4.98. The van der Waals surface area contributed by atoms with E-state index in [0.29, 0.717) is 18.2 Å². The first-order valence-electron chi connectivity index (χ1n) is 7.98. The van der Waals surface area contributed by atoms with Crippen LogP contribution in [-0.2, 0) is 16.1 Å². The molecule has 1 unspecified atom stereocenters. The number of nitrogens with one attached hydrogen (secondary N) is 1. The van der Waals surface area contributed by atoms with Crippen molar-refractivity contribution in [1.29, 1.82) is 0 Å². The van der Waals surface area contributed by atoms with Crippen LogP contribution in [0.15, 0.2) is 18.2 Å². The number of fused-ring (bicyclic) bond motifs is 1. The number of amides is 1. The number of carbonyl (C=O) groups is 1. The van der Waals surface area contributed by atoms with E-state index in [1.807, 2.05) is 19.1 Å². The molecule has 22 heavy (non-hydrogen) atoms. The molecule has 4 nitrogen and oxygen atoms in total. The van der Waals surface area contributed by atoms with Crippen molar-refractivity contribution in [3.63, 3.8) is 0 Å². The molecule has 0 saturated carbocycles. The molecule has 0 radical (unpaired) electrons. The van der Waals surface area contributed by atoms with E-state index in [1.165, 1.54) is 0 Å². The second-order valence-corrected chi connectivity index (χ2v) is 7.20. The van der Waals surface area contributed by atoms with Gasteiger partial charge in [0, 0.05) is 11.1 Å². The second-order valence-electron chi connectivity index (χ2n) is 7.20. The Bertz CT molecular complexity index is 559. The number of rotatable bonds is 5. The summed E-state index contributed by atoms with van der Waals surface area (Å²) < 4.78 is 5.18. The molecule has 0 aliphatic carbocycles. The lowest BCUT2D eigenvalue weighted by molar-refractivity contribution is -0.128. The molecular weight excluding hydrogens is 277 g/mol. The number of carbonyl (C=O) groups excluding carboxylic acids is 1. The van der Waals surface area contributed by atoms with Crippen molar-refractivity contribution in [3.8, 4) is 0 Å². The standard InChI is InChI=1S/C17H26BNO3/c1-11(2)9-17(5,12(3)4)16(20)19-14-7-6-13-10-22-18(21)15(13)8-14/h6-8,11-12,21H,9-10H2,1-5H3,(H,19,20). The van der Waals surface area contributed by atoms with Crippen molar-refractivity contribution < 1.29 is 14.5 Å². The second kappa shape index (κ2) is 6.43. The predicted octanol–water partition coefficient (Wildman–Crippen LogP) is 2.55. The van der Waals surface area contributed by atoms with Gasteiger partial charge in [-0.2, -0.15) is 0 Å². The van der Waals surface area contributed by atoms with Gasteiger partial charge in [0.25, 0.3) is 0 Å². The van der Waals surface area contributed by atoms with Crippen LogP contribution in [0.3, 0.4) is 0 Å². The fourth-order valence-corrected chi connectivity index (χ4v) is 3.01. The zero-order valence-corrected chi connectivity index (χ0v) is 14.1. The van der Waals surface area contributed by atoms with Gasteiger partial charge in [0.2, 0.25) is 5.91 Å². The van der Waals surface area contributed by atoms with E-state index in [9.17, 15) is 9.82 Å². The third-order valence-corrected chi connectivity index (χ3v) is 4.69. The van der Waals surface area contributed by atoms with Crippen LogP contribution in [0.5, 0.6) is 0 Å². The maximum absolute atomic E-state index is 12.8. The van der Waals surface area contributed by atoms with E-state index in [1.54, 1.807) is 6.07 Å². The molecule has 120 valence electrons. The van der Waals surface area contributed by atoms with Crippen LogP contribution in [0.4, 0.5) is 5.69 Å². The Morgan fingerprint density at radius 3 is 2.68 bits per heavy atom. The van der Waals surface area contributed by atoms with Crippen molar-refractivity contribution in [2.45, 2.75) is 47.6 Å². The van der Waals surface area contributed by atoms with Crippen molar-refractivity contribution in [2.24, 2.45) is 17.3 Å². The van der Waals surface area contributed by atoms with Gasteiger partial charge in [0.15, 0.2) is 0 Å². The molecular formula is C17H26BNO3. The first-order valence-corrected chi connectivity index (χ1v) is 7.98. The summed E-state index contributed by atoms with van der Waals surface area (Å²) in [5, 5.41) is 12.8. The molecule has 5 heteroatoms. The highest BCUT2D eigenvalue weighted by atomic mass is 16.5. The Labute approximate surface area is 133 Å². The summed E-state index contributed by atoms with van der Waals surface area (Å²) in [6.45, 7) is 10.9. The Morgan fingerprint density at radius 2 is 2.09 bits per heavy atom. The lowest BCUT2D eigenvalue weighted by Crippen LogP contribution is -2.39. The smallest absolute Gasteiger partial charge is 0.423 e. The molecule has 0 fully saturated rings. The zero-order valence-electron chi connectivity index (χ0n) is 14.1. The van der Waals surface area contributed by atoms with Gasteiger partial charge >= 0.3 is 7.12 Å². The first kappa shape index (κ1) is 17.0. The highest BCUT2D eigenvalue weighted by Gasteiger charge is 2.37. The molecule has 1 aliphatic heterocycles. The molecule has 0 aromatic heterocycles. The van der Waals surface area contributed by atoms with Crippen LogP contribution in [-0.4, -0.2) is 18.0 Å². The maximum Gasteiger partial charge on any atom is 0.491 e. The van der Waals surface area contributed by atoms with E-state index >= 15 is 0 Å². The SMILES string of the molecule is CC(C)CC(C)(C(=O)Nc1ccc2c(c1)B(O)OC2)C(C)C. The number of anilines is 1. The lowest BCUT2D eigenvalue weighted by atomic mass is 9.72. The van der Waals surface area contributed by atoms with Crippen molar-refractivity contribution >= 4 is 24.2 Å². The van der Waals surface area contributed by atoms with Gasteiger partial charge in [-0.05, 0) is 41.4 Å². The van der Waals surface area contributed by atoms with E-state index in [2.05, 4.69) is 33.0 Å². The van der Waals surface area contributed by atoms with Crippen LogP contribution >= 0.6 is 0 Å². The Balaban J connectivity index is 2.18.